The number of hydrogen-bond acceptors (Lipinski definition) is 7. The molecule has 1 saturated carbocycles. The fourth-order valence-electron chi connectivity index (χ4n) is 2.19. The van der Waals surface area contributed by atoms with E-state index in [4.69, 9.17) is 6.11 Å². The highest BCUT2D eigenvalue weighted by Gasteiger charge is 2.29. The van der Waals surface area contributed by atoms with Crippen molar-refractivity contribution in [1.82, 2.24) is 34.3 Å². The highest BCUT2D eigenvalue weighted by molar-refractivity contribution is 7.11. The van der Waals surface area contributed by atoms with Crippen molar-refractivity contribution in [2.24, 2.45) is 7.05 Å². The Kier molecular flexibility index (Phi) is 2.78. The summed E-state index contributed by atoms with van der Waals surface area (Å²) in [5, 5.41) is 9.57. The van der Waals surface area contributed by atoms with Crippen molar-refractivity contribution in [3.05, 3.63) is 34.1 Å². The van der Waals surface area contributed by atoms with Gasteiger partial charge in [-0.05, 0) is 23.3 Å². The Labute approximate surface area is 130 Å². The van der Waals surface area contributed by atoms with Crippen LogP contribution in [0, 0.1) is 0 Å². The normalized spacial score (nSPS) is 15.0. The molecule has 114 valence electrons. The summed E-state index contributed by atoms with van der Waals surface area (Å²) in [6.45, 7) is 0.196. The third kappa shape index (κ3) is 2.21. The van der Waals surface area contributed by atoms with Gasteiger partial charge in [0.2, 0.25) is 0 Å². The molecule has 1 aliphatic rings. The number of rotatable bonds is 5. The molecule has 0 unspecified atom stereocenters. The molecule has 22 heavy (non-hydrogen) atoms. The molecule has 4 rings (SSSR count). The fraction of sp³-hybridized carbons (Fsp3) is 0.417. The maximum atomic E-state index is 12.1. The number of tetrazole rings is 1. The van der Waals surface area contributed by atoms with Gasteiger partial charge in [0.15, 0.2) is 5.82 Å². The summed E-state index contributed by atoms with van der Waals surface area (Å²) in [6, 6.07) is 0.380. The smallest absolute Gasteiger partial charge is 0.369 e. The average Bonchev–Trinajstić information content (AvgIpc) is 3.03. The minimum atomic E-state index is -0.366. The summed E-state index contributed by atoms with van der Waals surface area (Å²) in [5.41, 5.74) is 0.381. The van der Waals surface area contributed by atoms with Crippen LogP contribution in [0.1, 0.15) is 25.9 Å². The third-order valence-corrected chi connectivity index (χ3v) is 4.07. The molecule has 0 atom stereocenters. The van der Waals surface area contributed by atoms with Crippen LogP contribution in [0.25, 0.3) is 5.82 Å². The molecular formula is C12H13N7O2S. The van der Waals surface area contributed by atoms with E-state index in [9.17, 15) is 4.79 Å². The van der Waals surface area contributed by atoms with E-state index in [1.807, 2.05) is 4.57 Å². The summed E-state index contributed by atoms with van der Waals surface area (Å²) < 4.78 is 17.4. The Morgan fingerprint density at radius 2 is 2.32 bits per heavy atom. The first-order valence-corrected chi connectivity index (χ1v) is 7.61. The van der Waals surface area contributed by atoms with E-state index in [1.54, 1.807) is 11.7 Å². The molecule has 0 aliphatic heterocycles. The van der Waals surface area contributed by atoms with Gasteiger partial charge in [-0.3, -0.25) is 0 Å². The van der Waals surface area contributed by atoms with E-state index < -0.39 is 0 Å². The van der Waals surface area contributed by atoms with E-state index in [0.29, 0.717) is 17.1 Å². The van der Waals surface area contributed by atoms with E-state index in [2.05, 4.69) is 20.4 Å². The number of nitrogens with zero attached hydrogens (tertiary/aromatic N) is 7. The lowest BCUT2D eigenvalue weighted by Gasteiger charge is -2.08. The third-order valence-electron chi connectivity index (χ3n) is 3.44. The zero-order chi connectivity index (χ0) is 16.0. The molecule has 3 heterocycles. The molecule has 1 fully saturated rings. The van der Waals surface area contributed by atoms with Gasteiger partial charge in [-0.1, -0.05) is 11.3 Å². The lowest BCUT2D eigenvalue weighted by Crippen LogP contribution is -2.23. The van der Waals surface area contributed by atoms with Crippen LogP contribution in [0.5, 0.6) is 5.19 Å². The molecule has 0 aromatic carbocycles. The molecule has 0 radical (unpaired) electrons. The van der Waals surface area contributed by atoms with Gasteiger partial charge >= 0.3 is 5.69 Å². The van der Waals surface area contributed by atoms with Gasteiger partial charge in [0.25, 0.3) is 5.19 Å². The highest BCUT2D eigenvalue weighted by Crippen LogP contribution is 2.37. The fourth-order valence-corrected chi connectivity index (χ4v) is 2.62. The molecule has 0 saturated heterocycles. The monoisotopic (exact) mass is 321 g/mol. The van der Waals surface area contributed by atoms with Crippen LogP contribution in [0.15, 0.2) is 22.7 Å². The van der Waals surface area contributed by atoms with Crippen molar-refractivity contribution in [2.75, 3.05) is 0 Å². The lowest BCUT2D eigenvalue weighted by molar-refractivity contribution is 0.292. The van der Waals surface area contributed by atoms with Crippen LogP contribution in [-0.2, 0) is 13.7 Å². The van der Waals surface area contributed by atoms with Gasteiger partial charge in [-0.25, -0.2) is 14.8 Å². The average molecular weight is 321 g/mol. The topological polar surface area (TPSA) is 92.6 Å². The molecule has 1 aliphatic carbocycles. The van der Waals surface area contributed by atoms with Crippen molar-refractivity contribution < 1.29 is 6.11 Å². The van der Waals surface area contributed by atoms with Crippen molar-refractivity contribution >= 4 is 11.3 Å². The Morgan fingerprint density at radius 3 is 2.95 bits per heavy atom. The number of thiazole rings is 1. The Morgan fingerprint density at radius 1 is 1.45 bits per heavy atom. The van der Waals surface area contributed by atoms with Gasteiger partial charge in [0.05, 0.1) is 7.70 Å². The number of imidazole rings is 1. The molecule has 3 aromatic heterocycles. The molecule has 0 N–H and O–H groups in total. The summed E-state index contributed by atoms with van der Waals surface area (Å²) >= 11 is 1.26. The van der Waals surface area contributed by atoms with Crippen molar-refractivity contribution in [3.8, 4) is 11.0 Å². The molecule has 3 aromatic rings. The van der Waals surface area contributed by atoms with Crippen LogP contribution in [-0.4, -0.2) is 34.3 Å². The van der Waals surface area contributed by atoms with Gasteiger partial charge in [0.1, 0.15) is 12.3 Å². The zero-order valence-corrected chi connectivity index (χ0v) is 12.5. The maximum Gasteiger partial charge on any atom is 0.369 e. The second-order valence-electron chi connectivity index (χ2n) is 4.98. The van der Waals surface area contributed by atoms with Crippen LogP contribution < -0.4 is 10.4 Å². The zero-order valence-electron chi connectivity index (χ0n) is 12.7. The molecule has 0 bridgehead atoms. The first kappa shape index (κ1) is 12.1. The predicted octanol–water partition coefficient (Wildman–Crippen LogP) is 0.533. The molecule has 0 amide bonds. The first-order chi connectivity index (χ1) is 11.1. The van der Waals surface area contributed by atoms with E-state index >= 15 is 0 Å². The first-order valence-electron chi connectivity index (χ1n) is 7.23. The maximum absolute atomic E-state index is 12.1. The number of ether oxygens (including phenoxy) is 1. The quantitative estimate of drug-likeness (QED) is 0.681. The SMILES string of the molecule is [3H]c1csc(OCc2c(-n3nnn(C)c3=O)ncn2C2CC2)n1. The standard InChI is InChI=1S/C12H13N7O2S/c1-17-12(20)19(16-15-17)10-9(6-21-11-13-4-5-22-11)18(7-14-10)8-2-3-8/h4-5,7-8H,2-3,6H2,1H3/i4T. The van der Waals surface area contributed by atoms with Crippen LogP contribution in [0.3, 0.4) is 0 Å². The summed E-state index contributed by atoms with van der Waals surface area (Å²) in [7, 11) is 1.53. The van der Waals surface area contributed by atoms with Gasteiger partial charge < -0.3 is 9.30 Å². The Hall–Kier alpha value is -2.49. The molecule has 0 spiro atoms. The second kappa shape index (κ2) is 5.05. The summed E-state index contributed by atoms with van der Waals surface area (Å²) in [4.78, 5) is 20.3. The van der Waals surface area contributed by atoms with Crippen molar-refractivity contribution in [3.63, 3.8) is 0 Å². The highest BCUT2D eigenvalue weighted by atomic mass is 32.1. The summed E-state index contributed by atoms with van der Waals surface area (Å²) in [5.74, 6) is 0.414. The predicted molar refractivity (Wildman–Crippen MR) is 77.1 cm³/mol. The Bertz CT molecular complexity index is 907. The number of aromatic nitrogens is 7. The van der Waals surface area contributed by atoms with Crippen LogP contribution in [0.4, 0.5) is 0 Å². The van der Waals surface area contributed by atoms with E-state index in [1.165, 1.54) is 18.4 Å². The molecule has 9 nitrogen and oxygen atoms in total. The second-order valence-corrected chi connectivity index (χ2v) is 5.80. The molecular weight excluding hydrogens is 306 g/mol. The van der Waals surface area contributed by atoms with Crippen molar-refractivity contribution in [2.45, 2.75) is 25.5 Å². The minimum Gasteiger partial charge on any atom is -0.463 e. The van der Waals surface area contributed by atoms with Gasteiger partial charge in [0, 0.05) is 24.6 Å². The minimum absolute atomic E-state index is 0.172. The number of hydrogen-bond donors (Lipinski definition) is 0. The van der Waals surface area contributed by atoms with Gasteiger partial charge in [-0.15, -0.1) is 4.68 Å². The van der Waals surface area contributed by atoms with Crippen LogP contribution >= 0.6 is 11.3 Å². The van der Waals surface area contributed by atoms with Crippen LogP contribution in [0.2, 0.25) is 0 Å². The van der Waals surface area contributed by atoms with E-state index in [0.717, 1.165) is 27.9 Å². The van der Waals surface area contributed by atoms with Crippen molar-refractivity contribution in [1.29, 1.82) is 0 Å². The largest absolute Gasteiger partial charge is 0.463 e. The van der Waals surface area contributed by atoms with Gasteiger partial charge in [-0.2, -0.15) is 4.68 Å². The molecule has 10 heteroatoms. The lowest BCUT2D eigenvalue weighted by atomic mass is 10.4. The summed E-state index contributed by atoms with van der Waals surface area (Å²) in [6.07, 6.45) is 4.02. The van der Waals surface area contributed by atoms with E-state index in [-0.39, 0.29) is 18.5 Å². The number of aryl methyl sites for hydroxylation is 1. The Balaban J connectivity index is 1.69.